The van der Waals surface area contributed by atoms with Crippen LogP contribution in [0, 0.1) is 36.5 Å². The predicted octanol–water partition coefficient (Wildman–Crippen LogP) is 5.66. The van der Waals surface area contributed by atoms with Gasteiger partial charge in [-0.05, 0) is 51.6 Å². The van der Waals surface area contributed by atoms with Gasteiger partial charge in [-0.15, -0.1) is 0 Å². The van der Waals surface area contributed by atoms with Crippen LogP contribution in [0.15, 0.2) is 52.5 Å². The van der Waals surface area contributed by atoms with E-state index in [2.05, 4.69) is 29.4 Å². The highest BCUT2D eigenvalue weighted by Crippen LogP contribution is 2.61. The minimum atomic E-state index is -5.20. The molecule has 5 heterocycles. The number of ether oxygens (including phenoxy) is 6. The Morgan fingerprint density at radius 2 is 1.55 bits per heavy atom. The van der Waals surface area contributed by atoms with E-state index in [4.69, 9.17) is 33.4 Å². The van der Waals surface area contributed by atoms with Crippen molar-refractivity contribution in [3.05, 3.63) is 69.8 Å². The number of carbonyl (C=O) groups excluding carboxylic acids is 6. The van der Waals surface area contributed by atoms with Gasteiger partial charge in [0.05, 0.1) is 47.6 Å². The number of nitrogens with zero attached hydrogens (tertiary/aromatic N) is 3. The summed E-state index contributed by atoms with van der Waals surface area (Å²) in [5.74, 6) is -9.74. The molecule has 27 heteroatoms. The molecule has 1 aromatic carbocycles. The van der Waals surface area contributed by atoms with E-state index in [0.29, 0.717) is 38.3 Å². The number of aliphatic hydroxyl groups is 1. The molecule has 25 nitrogen and oxygen atoms in total. The molecule has 1 aliphatic carbocycles. The second kappa shape index (κ2) is 28.7. The van der Waals surface area contributed by atoms with E-state index in [-0.39, 0.29) is 89.6 Å². The summed E-state index contributed by atoms with van der Waals surface area (Å²) in [6.07, 6.45) is 3.91. The molecule has 0 aromatic heterocycles. The molecule has 6 aliphatic rings. The molecule has 1 amide bonds. The Kier molecular flexibility index (Phi) is 23.2. The van der Waals surface area contributed by atoms with Gasteiger partial charge in [0.15, 0.2) is 5.40 Å². The molecule has 478 valence electrons. The number of piperidine rings is 1. The first-order chi connectivity index (χ1) is 40.2. The Balaban J connectivity index is 1.41. The summed E-state index contributed by atoms with van der Waals surface area (Å²) >= 11 is 0. The van der Waals surface area contributed by atoms with Crippen molar-refractivity contribution in [3.8, 4) is 11.5 Å². The number of ketones is 2. The van der Waals surface area contributed by atoms with Crippen molar-refractivity contribution >= 4 is 56.3 Å². The Morgan fingerprint density at radius 3 is 2.15 bits per heavy atom. The van der Waals surface area contributed by atoms with Gasteiger partial charge in [0.2, 0.25) is 5.78 Å². The zero-order valence-corrected chi connectivity index (χ0v) is 53.0. The number of methoxy groups -OCH3 is 1. The molecular formula is C59H87N5O20P2. The highest BCUT2D eigenvalue weighted by molar-refractivity contribution is 7.70. The smallest absolute Gasteiger partial charge is 0.340 e. The number of aliphatic hydroxyl groups excluding tert-OH is 1. The number of amides is 1. The molecule has 1 saturated heterocycles. The van der Waals surface area contributed by atoms with Gasteiger partial charge in [-0.3, -0.25) is 47.8 Å². The van der Waals surface area contributed by atoms with Gasteiger partial charge in [-0.25, -0.2) is 0 Å². The Hall–Kier alpha value is -5.59. The first-order valence-corrected chi connectivity index (χ1v) is 32.7. The third-order valence-corrected chi connectivity index (χ3v) is 20.5. The van der Waals surface area contributed by atoms with Crippen LogP contribution >= 0.6 is 15.2 Å². The maximum absolute atomic E-state index is 15.0. The molecule has 8 N–H and O–H groups in total. The molecule has 0 saturated carbocycles. The van der Waals surface area contributed by atoms with Crippen LogP contribution in [-0.4, -0.2) is 175 Å². The Bertz CT molecular complexity index is 2970. The minimum absolute atomic E-state index is 0.0153. The summed E-state index contributed by atoms with van der Waals surface area (Å²) in [6, 6.07) is 0. The number of benzene rings is 1. The molecule has 7 rings (SSSR count). The van der Waals surface area contributed by atoms with E-state index in [1.165, 1.54) is 53.2 Å². The number of allylic oxidation sites excluding steroid dienone is 4. The largest absolute Gasteiger partial charge is 0.507 e. The van der Waals surface area contributed by atoms with Gasteiger partial charge in [-0.1, -0.05) is 73.1 Å². The summed E-state index contributed by atoms with van der Waals surface area (Å²) in [7, 11) is -9.00. The normalized spacial score (nSPS) is 27.8. The fraction of sp³-hybridized carbons (Fsp3) is 0.644. The monoisotopic (exact) mass is 1250 g/mol. The molecule has 0 radical (unpaired) electrons. The van der Waals surface area contributed by atoms with Crippen molar-refractivity contribution in [1.82, 2.24) is 20.4 Å². The minimum Gasteiger partial charge on any atom is -0.507 e. The van der Waals surface area contributed by atoms with Gasteiger partial charge in [0.25, 0.3) is 11.7 Å². The van der Waals surface area contributed by atoms with Crippen molar-refractivity contribution in [2.45, 2.75) is 162 Å². The zero-order valence-electron chi connectivity index (χ0n) is 51.2. The van der Waals surface area contributed by atoms with E-state index in [1.54, 1.807) is 51.7 Å². The molecule has 1 fully saturated rings. The lowest BCUT2D eigenvalue weighted by molar-refractivity contribution is -0.166. The van der Waals surface area contributed by atoms with E-state index in [0.717, 1.165) is 6.54 Å². The second-order valence-electron chi connectivity index (χ2n) is 23.9. The van der Waals surface area contributed by atoms with Crippen LogP contribution in [0.3, 0.4) is 0 Å². The average molecular weight is 1250 g/mol. The number of aromatic hydroxyl groups is 1. The van der Waals surface area contributed by atoms with E-state index in [9.17, 15) is 62.9 Å². The SMILES string of the molecule is CCCC(=O)OCCN(CCCCC(P(=O)(O)O)P(=O)(O)O)CC(=O)O[C@@H]1[C@@H](C)[C@@H](O)[C@@H](C)[C@H](OC(C)=O)[C@H](C)[C@@H](OC)/C=C/O[C@@]2(C)Oc3c(C)c(O)c4c(c3C2=O)C2=NC3(CCN(CC(C)C)CC3)NC2=C(NC(=O)/C(C)=C\C=C\[C@@H]1C)C4=O. The lowest BCUT2D eigenvalue weighted by atomic mass is 9.78. The summed E-state index contributed by atoms with van der Waals surface area (Å²) in [5.41, 5.74) is -0.969. The summed E-state index contributed by atoms with van der Waals surface area (Å²) in [5, 5.41) is 28.4. The van der Waals surface area contributed by atoms with Gasteiger partial charge < -0.3 is 73.7 Å². The van der Waals surface area contributed by atoms with E-state index in [1.807, 2.05) is 0 Å². The lowest BCUT2D eigenvalue weighted by Gasteiger charge is -2.39. The topological polar surface area (TPSA) is 356 Å². The zero-order chi connectivity index (χ0) is 64.0. The third-order valence-electron chi connectivity index (χ3n) is 16.6. The molecule has 5 bridgehead atoms. The number of unbranched alkanes of at least 4 members (excludes halogenated alkanes) is 1. The van der Waals surface area contributed by atoms with Crippen LogP contribution in [-0.2, 0) is 52.0 Å². The summed E-state index contributed by atoms with van der Waals surface area (Å²) in [4.78, 5) is 132. The fourth-order valence-electron chi connectivity index (χ4n) is 11.9. The number of fused-ring (bicyclic) bond motifs is 13. The first-order valence-electron chi connectivity index (χ1n) is 29.3. The molecule has 86 heavy (non-hydrogen) atoms. The number of esters is 3. The van der Waals surface area contributed by atoms with Crippen LogP contribution in [0.4, 0.5) is 0 Å². The number of Topliss-reactive ketones (excluding diaryl/α,β-unsaturated/α-hetero) is 2. The van der Waals surface area contributed by atoms with Gasteiger partial charge in [-0.2, -0.15) is 0 Å². The summed E-state index contributed by atoms with van der Waals surface area (Å²) in [6.45, 7) is 19.9. The molecule has 1 spiro atoms. The predicted molar refractivity (Wildman–Crippen MR) is 315 cm³/mol. The second-order valence-corrected chi connectivity index (χ2v) is 27.9. The van der Waals surface area contributed by atoms with Gasteiger partial charge in [0, 0.05) is 107 Å². The number of carbonyl (C=O) groups is 6. The van der Waals surface area contributed by atoms with Crippen LogP contribution in [0.2, 0.25) is 0 Å². The fourth-order valence-corrected chi connectivity index (χ4v) is 14.5. The first kappa shape index (κ1) is 69.5. The number of hydrogen-bond donors (Lipinski definition) is 8. The number of nitrogens with one attached hydrogen (secondary N) is 2. The highest BCUT2D eigenvalue weighted by atomic mass is 31.2. The van der Waals surface area contributed by atoms with Crippen LogP contribution < -0.4 is 15.4 Å². The van der Waals surface area contributed by atoms with Crippen LogP contribution in [0.1, 0.15) is 146 Å². The number of likely N-dealkylation sites (tertiary alicyclic amines) is 1. The number of hydrogen-bond acceptors (Lipinski definition) is 20. The lowest BCUT2D eigenvalue weighted by Crippen LogP contribution is -2.50. The van der Waals surface area contributed by atoms with Crippen LogP contribution in [0.5, 0.6) is 11.5 Å². The number of rotatable bonds is 19. The van der Waals surface area contributed by atoms with Crippen molar-refractivity contribution in [2.24, 2.45) is 34.6 Å². The maximum Gasteiger partial charge on any atom is 0.340 e. The van der Waals surface area contributed by atoms with Gasteiger partial charge in [0.1, 0.15) is 41.7 Å². The Morgan fingerprint density at radius 1 is 0.895 bits per heavy atom. The number of phenols is 1. The highest BCUT2D eigenvalue weighted by Gasteiger charge is 2.55. The van der Waals surface area contributed by atoms with Crippen molar-refractivity contribution in [3.63, 3.8) is 0 Å². The van der Waals surface area contributed by atoms with Crippen molar-refractivity contribution < 1.29 is 96.1 Å². The Labute approximate surface area is 502 Å². The summed E-state index contributed by atoms with van der Waals surface area (Å²) < 4.78 is 59.9. The number of phenolic OH excluding ortho intramolecular Hbond substituents is 1. The van der Waals surface area contributed by atoms with E-state index >= 15 is 4.79 Å². The molecule has 9 atom stereocenters. The molecular weight excluding hydrogens is 1160 g/mol. The average Bonchev–Trinajstić information content (AvgIpc) is 1.50. The van der Waals surface area contributed by atoms with E-state index < -0.39 is 134 Å². The number of aliphatic imine (C=N–C) groups is 1. The van der Waals surface area contributed by atoms with Crippen molar-refractivity contribution in [1.29, 1.82) is 0 Å². The third kappa shape index (κ3) is 16.2. The maximum atomic E-state index is 15.0. The van der Waals surface area contributed by atoms with Gasteiger partial charge >= 0.3 is 38.9 Å². The molecule has 1 aromatic rings. The van der Waals surface area contributed by atoms with Crippen molar-refractivity contribution in [2.75, 3.05) is 53.0 Å². The molecule has 0 unspecified atom stereocenters. The standard InChI is InChI=1S/C59H87N5O20P2/c1-13-17-41(66)80-29-27-63(24-15-14-20-43(85(73,74)75)86(76,77)78)31-42(67)83-53-33(4)18-16-19-34(5)57(72)60-49-48-47(61-59(62-48)22-25-64(26-23-59)30-32(2)3)44-45(52(49)70)51(69)38(9)55-46(44)56(71)58(11,84-55)81-28-21-40(79-12)35(6)54(82-39(10)65)37(8)50(68)36(53)7/h16,18-19,21,28,32-33,35-37,40,43,50,53-54,62,68-69H,13-15,17,20,22-27,29-31H2,1-12H3,(H,60,72)(H2,73,74,75)(H2,76,77,78)/b18-16+,28-21+,34-19-/t33-,35+,36-,37+,40-,50+,53-,54+,58-/m0/s1. The quantitative estimate of drug-likeness (QED) is 0.0358. The van der Waals surface area contributed by atoms with Crippen LogP contribution in [0.25, 0.3) is 0 Å². The molecule has 5 aliphatic heterocycles.